The maximum Gasteiger partial charge on any atom is 0.408 e. The molecular formula is C20H28N4O5S. The van der Waals surface area contributed by atoms with Gasteiger partial charge in [-0.25, -0.2) is 14.6 Å². The van der Waals surface area contributed by atoms with Crippen LogP contribution >= 0.6 is 11.3 Å². The van der Waals surface area contributed by atoms with Crippen molar-refractivity contribution in [1.82, 2.24) is 20.6 Å². The predicted molar refractivity (Wildman–Crippen MR) is 112 cm³/mol. The van der Waals surface area contributed by atoms with Crippen LogP contribution in [-0.4, -0.2) is 52.7 Å². The molecule has 0 aromatic carbocycles. The molecule has 2 aromatic rings. The Morgan fingerprint density at radius 2 is 1.90 bits per heavy atom. The Morgan fingerprint density at radius 3 is 2.43 bits per heavy atom. The molecule has 2 rings (SSSR count). The lowest BCUT2D eigenvalue weighted by Gasteiger charge is -2.24. The minimum atomic E-state index is -0.934. The maximum absolute atomic E-state index is 13.0. The highest BCUT2D eigenvalue weighted by molar-refractivity contribution is 7.11. The summed E-state index contributed by atoms with van der Waals surface area (Å²) in [6.45, 7) is 7.17. The first-order chi connectivity index (χ1) is 14.1. The number of alkyl carbamates (subject to hydrolysis) is 1. The second-order valence-electron chi connectivity index (χ2n) is 7.78. The number of hydrogen-bond acceptors (Lipinski definition) is 7. The molecule has 2 amide bonds. The van der Waals surface area contributed by atoms with E-state index in [-0.39, 0.29) is 12.8 Å². The number of ether oxygens (including phenoxy) is 2. The van der Waals surface area contributed by atoms with Gasteiger partial charge in [-0.2, -0.15) is 0 Å². The third-order valence-electron chi connectivity index (χ3n) is 3.99. The van der Waals surface area contributed by atoms with Gasteiger partial charge in [-0.3, -0.25) is 4.79 Å². The Kier molecular flexibility index (Phi) is 7.99. The van der Waals surface area contributed by atoms with Gasteiger partial charge in [-0.1, -0.05) is 0 Å². The third kappa shape index (κ3) is 7.51. The summed E-state index contributed by atoms with van der Waals surface area (Å²) in [5.74, 6) is -1.11. The fourth-order valence-electron chi connectivity index (χ4n) is 2.68. The SMILES string of the molecule is COC(=O)[C@H](Cc1cnc[nH]1)NC(=O)[C@H](Cc1ccc(C)s1)NC(=O)OC(C)(C)C. The lowest BCUT2D eigenvalue weighted by Crippen LogP contribution is -2.53. The van der Waals surface area contributed by atoms with Crippen LogP contribution in [0.3, 0.4) is 0 Å². The lowest BCUT2D eigenvalue weighted by atomic mass is 10.1. The van der Waals surface area contributed by atoms with Crippen LogP contribution in [0.25, 0.3) is 0 Å². The average molecular weight is 437 g/mol. The van der Waals surface area contributed by atoms with Crippen molar-refractivity contribution in [2.24, 2.45) is 0 Å². The fourth-order valence-corrected chi connectivity index (χ4v) is 3.61. The molecule has 0 saturated heterocycles. The smallest absolute Gasteiger partial charge is 0.408 e. The van der Waals surface area contributed by atoms with Crippen LogP contribution in [0.15, 0.2) is 24.7 Å². The van der Waals surface area contributed by atoms with Crippen molar-refractivity contribution in [3.63, 3.8) is 0 Å². The van der Waals surface area contributed by atoms with Crippen LogP contribution in [0.4, 0.5) is 4.79 Å². The molecule has 164 valence electrons. The van der Waals surface area contributed by atoms with E-state index in [1.165, 1.54) is 24.8 Å². The van der Waals surface area contributed by atoms with Crippen LogP contribution < -0.4 is 10.6 Å². The normalized spacial score (nSPS) is 13.2. The number of rotatable bonds is 8. The van der Waals surface area contributed by atoms with E-state index in [9.17, 15) is 14.4 Å². The van der Waals surface area contributed by atoms with E-state index in [1.54, 1.807) is 27.0 Å². The molecule has 3 N–H and O–H groups in total. The number of hydrogen-bond donors (Lipinski definition) is 3. The number of amides is 2. The first-order valence-corrected chi connectivity index (χ1v) is 10.3. The van der Waals surface area contributed by atoms with Gasteiger partial charge in [-0.05, 0) is 39.8 Å². The van der Waals surface area contributed by atoms with Crippen molar-refractivity contribution in [3.8, 4) is 0 Å². The van der Waals surface area contributed by atoms with Gasteiger partial charge < -0.3 is 25.1 Å². The van der Waals surface area contributed by atoms with E-state index in [2.05, 4.69) is 20.6 Å². The molecule has 2 heterocycles. The monoisotopic (exact) mass is 436 g/mol. The molecule has 0 saturated carbocycles. The maximum atomic E-state index is 13.0. The van der Waals surface area contributed by atoms with Crippen LogP contribution in [0.1, 0.15) is 36.2 Å². The van der Waals surface area contributed by atoms with Gasteiger partial charge >= 0.3 is 12.1 Å². The van der Waals surface area contributed by atoms with E-state index in [4.69, 9.17) is 9.47 Å². The van der Waals surface area contributed by atoms with E-state index in [0.29, 0.717) is 5.69 Å². The summed E-state index contributed by atoms with van der Waals surface area (Å²) in [5.41, 5.74) is -0.0454. The predicted octanol–water partition coefficient (Wildman–Crippen LogP) is 2.12. The second-order valence-corrected chi connectivity index (χ2v) is 9.15. The Hall–Kier alpha value is -2.88. The van der Waals surface area contributed by atoms with Gasteiger partial charge in [0.05, 0.1) is 13.4 Å². The molecule has 0 unspecified atom stereocenters. The summed E-state index contributed by atoms with van der Waals surface area (Å²) in [4.78, 5) is 46.3. The molecule has 30 heavy (non-hydrogen) atoms. The van der Waals surface area contributed by atoms with Crippen molar-refractivity contribution in [2.45, 2.75) is 58.2 Å². The van der Waals surface area contributed by atoms with Crippen molar-refractivity contribution < 1.29 is 23.9 Å². The van der Waals surface area contributed by atoms with E-state index in [0.717, 1.165) is 9.75 Å². The molecular weight excluding hydrogens is 408 g/mol. The number of nitrogens with one attached hydrogen (secondary N) is 3. The Morgan fingerprint density at radius 1 is 1.17 bits per heavy atom. The number of aryl methyl sites for hydroxylation is 1. The van der Waals surface area contributed by atoms with Crippen LogP contribution in [0.2, 0.25) is 0 Å². The molecule has 0 bridgehead atoms. The molecule has 9 nitrogen and oxygen atoms in total. The van der Waals surface area contributed by atoms with E-state index in [1.807, 2.05) is 19.1 Å². The van der Waals surface area contributed by atoms with E-state index >= 15 is 0 Å². The Bertz CT molecular complexity index is 857. The number of methoxy groups -OCH3 is 1. The summed E-state index contributed by atoms with van der Waals surface area (Å²) in [5, 5.41) is 5.29. The second kappa shape index (κ2) is 10.2. The number of carbonyl (C=O) groups excluding carboxylic acids is 3. The number of esters is 1. The van der Waals surface area contributed by atoms with Gasteiger partial charge in [-0.15, -0.1) is 11.3 Å². The first-order valence-electron chi connectivity index (χ1n) is 9.47. The zero-order valence-corrected chi connectivity index (χ0v) is 18.6. The van der Waals surface area contributed by atoms with Gasteiger partial charge in [0.1, 0.15) is 17.7 Å². The fraction of sp³-hybridized carbons (Fsp3) is 0.500. The molecule has 0 aliphatic carbocycles. The van der Waals surface area contributed by atoms with Crippen molar-refractivity contribution in [3.05, 3.63) is 40.1 Å². The molecule has 0 spiro atoms. The first kappa shape index (κ1) is 23.4. The molecule has 2 aromatic heterocycles. The molecule has 2 atom stereocenters. The summed E-state index contributed by atoms with van der Waals surface area (Å²) in [6.07, 6.45) is 2.78. The number of thiophene rings is 1. The zero-order valence-electron chi connectivity index (χ0n) is 17.8. The summed E-state index contributed by atoms with van der Waals surface area (Å²) in [7, 11) is 1.25. The van der Waals surface area contributed by atoms with Crippen molar-refractivity contribution in [2.75, 3.05) is 7.11 Å². The molecule has 0 radical (unpaired) electrons. The van der Waals surface area contributed by atoms with Gasteiger partial charge in [0.2, 0.25) is 5.91 Å². The van der Waals surface area contributed by atoms with Crippen LogP contribution in [0.5, 0.6) is 0 Å². The number of aromatic nitrogens is 2. The largest absolute Gasteiger partial charge is 0.467 e. The number of H-pyrrole nitrogens is 1. The zero-order chi connectivity index (χ0) is 22.3. The Balaban J connectivity index is 2.15. The molecule has 0 fully saturated rings. The Labute approximate surface area is 179 Å². The standard InChI is InChI=1S/C20H28N4O5S/c1-12-6-7-14(30-12)9-15(24-19(27)29-20(2,3)4)17(25)23-16(18(26)28-5)8-13-10-21-11-22-13/h6-7,10-11,15-16H,8-9H2,1-5H3,(H,21,22)(H,23,25)(H,24,27)/t15-,16-/m0/s1. The topological polar surface area (TPSA) is 122 Å². The van der Waals surface area contributed by atoms with Crippen LogP contribution in [-0.2, 0) is 31.9 Å². The minimum Gasteiger partial charge on any atom is -0.467 e. The van der Waals surface area contributed by atoms with Crippen molar-refractivity contribution >= 4 is 29.3 Å². The average Bonchev–Trinajstić information content (AvgIpc) is 3.30. The lowest BCUT2D eigenvalue weighted by molar-refractivity contribution is -0.145. The molecule has 0 aliphatic rings. The highest BCUT2D eigenvalue weighted by atomic mass is 32.1. The summed E-state index contributed by atoms with van der Waals surface area (Å²) >= 11 is 1.53. The van der Waals surface area contributed by atoms with E-state index < -0.39 is 35.7 Å². The van der Waals surface area contributed by atoms with Crippen molar-refractivity contribution in [1.29, 1.82) is 0 Å². The highest BCUT2D eigenvalue weighted by Crippen LogP contribution is 2.17. The number of imidazole rings is 1. The highest BCUT2D eigenvalue weighted by Gasteiger charge is 2.29. The summed E-state index contributed by atoms with van der Waals surface area (Å²) < 4.78 is 10.1. The molecule has 0 aliphatic heterocycles. The quantitative estimate of drug-likeness (QED) is 0.545. The van der Waals surface area contributed by atoms with Gasteiger partial charge in [0, 0.05) is 34.5 Å². The minimum absolute atomic E-state index is 0.176. The van der Waals surface area contributed by atoms with Gasteiger partial charge in [0.15, 0.2) is 0 Å². The van der Waals surface area contributed by atoms with Gasteiger partial charge in [0.25, 0.3) is 0 Å². The third-order valence-corrected chi connectivity index (χ3v) is 5.01. The number of nitrogens with zero attached hydrogens (tertiary/aromatic N) is 1. The number of carbonyl (C=O) groups is 3. The summed E-state index contributed by atoms with van der Waals surface area (Å²) in [6, 6.07) is 1.99. The number of aromatic amines is 1. The molecule has 10 heteroatoms. The van der Waals surface area contributed by atoms with Crippen LogP contribution in [0, 0.1) is 6.92 Å².